The van der Waals surface area contributed by atoms with Gasteiger partial charge in [0.1, 0.15) is 5.82 Å². The van der Waals surface area contributed by atoms with Gasteiger partial charge in [0, 0.05) is 24.8 Å². The van der Waals surface area contributed by atoms with E-state index in [0.717, 1.165) is 37.3 Å². The van der Waals surface area contributed by atoms with E-state index in [4.69, 9.17) is 0 Å². The first-order valence-corrected chi connectivity index (χ1v) is 8.09. The Hall–Kier alpha value is -1.58. The van der Waals surface area contributed by atoms with Gasteiger partial charge < -0.3 is 10.6 Å². The second-order valence-corrected chi connectivity index (χ2v) is 6.12. The van der Waals surface area contributed by atoms with E-state index in [1.165, 1.54) is 19.3 Å². The SMILES string of the molecule is CCCc1cc(C(=O)NCC2(CC)CCC2)cc(NC)n1. The number of nitrogens with one attached hydrogen (secondary N) is 2. The lowest BCUT2D eigenvalue weighted by molar-refractivity contribution is 0.0850. The molecule has 1 saturated carbocycles. The van der Waals surface area contributed by atoms with Gasteiger partial charge in [0.2, 0.25) is 0 Å². The van der Waals surface area contributed by atoms with Crippen LogP contribution in [0.1, 0.15) is 62.0 Å². The molecule has 2 rings (SSSR count). The van der Waals surface area contributed by atoms with Gasteiger partial charge in [0.15, 0.2) is 0 Å². The summed E-state index contributed by atoms with van der Waals surface area (Å²) < 4.78 is 0. The topological polar surface area (TPSA) is 54.0 Å². The first-order chi connectivity index (χ1) is 10.1. The molecule has 1 aliphatic rings. The van der Waals surface area contributed by atoms with Crippen LogP contribution in [0.5, 0.6) is 0 Å². The number of amides is 1. The van der Waals surface area contributed by atoms with E-state index in [-0.39, 0.29) is 5.91 Å². The van der Waals surface area contributed by atoms with E-state index in [0.29, 0.717) is 11.0 Å². The van der Waals surface area contributed by atoms with E-state index >= 15 is 0 Å². The van der Waals surface area contributed by atoms with Gasteiger partial charge in [-0.2, -0.15) is 0 Å². The summed E-state index contributed by atoms with van der Waals surface area (Å²) in [6.45, 7) is 5.13. The van der Waals surface area contributed by atoms with Gasteiger partial charge in [-0.1, -0.05) is 26.7 Å². The quantitative estimate of drug-likeness (QED) is 0.809. The molecule has 1 aromatic rings. The van der Waals surface area contributed by atoms with E-state index in [1.807, 2.05) is 19.2 Å². The van der Waals surface area contributed by atoms with Crippen LogP contribution < -0.4 is 10.6 Å². The largest absolute Gasteiger partial charge is 0.373 e. The number of hydrogen-bond acceptors (Lipinski definition) is 3. The molecule has 2 N–H and O–H groups in total. The Bertz CT molecular complexity index is 489. The fourth-order valence-electron chi connectivity index (χ4n) is 2.93. The van der Waals surface area contributed by atoms with Gasteiger partial charge in [-0.05, 0) is 43.2 Å². The molecule has 1 aliphatic carbocycles. The monoisotopic (exact) mass is 289 g/mol. The summed E-state index contributed by atoms with van der Waals surface area (Å²) in [5.41, 5.74) is 2.03. The highest BCUT2D eigenvalue weighted by Gasteiger charge is 2.35. The molecule has 1 aromatic heterocycles. The third-order valence-electron chi connectivity index (χ3n) is 4.69. The van der Waals surface area contributed by atoms with E-state index in [2.05, 4.69) is 29.5 Å². The van der Waals surface area contributed by atoms with Crippen molar-refractivity contribution >= 4 is 11.7 Å². The number of aryl methyl sites for hydroxylation is 1. The Morgan fingerprint density at radius 2 is 2.10 bits per heavy atom. The molecule has 1 fully saturated rings. The van der Waals surface area contributed by atoms with Gasteiger partial charge in [-0.3, -0.25) is 4.79 Å². The fraction of sp³-hybridized carbons (Fsp3) is 0.647. The van der Waals surface area contributed by atoms with Gasteiger partial charge in [0.05, 0.1) is 0 Å². The van der Waals surface area contributed by atoms with Gasteiger partial charge in [-0.15, -0.1) is 0 Å². The van der Waals surface area contributed by atoms with Crippen molar-refractivity contribution in [3.63, 3.8) is 0 Å². The molecule has 21 heavy (non-hydrogen) atoms. The summed E-state index contributed by atoms with van der Waals surface area (Å²) >= 11 is 0. The van der Waals surface area contributed by atoms with Crippen LogP contribution in [0.15, 0.2) is 12.1 Å². The summed E-state index contributed by atoms with van der Waals surface area (Å²) in [5, 5.41) is 6.15. The molecule has 1 heterocycles. The first kappa shape index (κ1) is 15.8. The second kappa shape index (κ2) is 6.92. The van der Waals surface area contributed by atoms with Crippen molar-refractivity contribution < 1.29 is 4.79 Å². The standard InChI is InChI=1S/C17H27N3O/c1-4-7-14-10-13(11-15(18-3)20-14)16(21)19-12-17(5-2)8-6-9-17/h10-11H,4-9,12H2,1-3H3,(H,18,20)(H,19,21). The predicted octanol–water partition coefficient (Wildman–Crippen LogP) is 3.39. The van der Waals surface area contributed by atoms with Crippen LogP contribution in [0.2, 0.25) is 0 Å². The fourth-order valence-corrected chi connectivity index (χ4v) is 2.93. The molecule has 0 atom stereocenters. The summed E-state index contributed by atoms with van der Waals surface area (Å²) in [5.74, 6) is 0.783. The van der Waals surface area contributed by atoms with Crippen molar-refractivity contribution in [2.75, 3.05) is 18.9 Å². The Kier molecular flexibility index (Phi) is 5.21. The summed E-state index contributed by atoms with van der Waals surface area (Å²) in [7, 11) is 1.83. The smallest absolute Gasteiger partial charge is 0.251 e. The molecular weight excluding hydrogens is 262 g/mol. The zero-order valence-electron chi connectivity index (χ0n) is 13.5. The summed E-state index contributed by atoms with van der Waals surface area (Å²) in [6.07, 6.45) is 6.84. The molecule has 116 valence electrons. The molecule has 0 aromatic carbocycles. The molecule has 0 unspecified atom stereocenters. The molecule has 0 aliphatic heterocycles. The van der Waals surface area contributed by atoms with Crippen LogP contribution in [-0.2, 0) is 6.42 Å². The molecule has 0 spiro atoms. The lowest BCUT2D eigenvalue weighted by Crippen LogP contribution is -2.41. The number of carbonyl (C=O) groups excluding carboxylic acids is 1. The van der Waals surface area contributed by atoms with Crippen molar-refractivity contribution in [1.29, 1.82) is 0 Å². The number of aromatic nitrogens is 1. The van der Waals surface area contributed by atoms with E-state index in [1.54, 1.807) is 0 Å². The maximum absolute atomic E-state index is 12.4. The number of carbonyl (C=O) groups is 1. The average Bonchev–Trinajstić information content (AvgIpc) is 2.46. The number of nitrogens with zero attached hydrogens (tertiary/aromatic N) is 1. The van der Waals surface area contributed by atoms with Gasteiger partial charge >= 0.3 is 0 Å². The molecular formula is C17H27N3O. The molecule has 0 bridgehead atoms. The van der Waals surface area contributed by atoms with E-state index in [9.17, 15) is 4.79 Å². The van der Waals surface area contributed by atoms with Crippen LogP contribution in [0.3, 0.4) is 0 Å². The number of hydrogen-bond donors (Lipinski definition) is 2. The number of pyridine rings is 1. The number of anilines is 1. The maximum atomic E-state index is 12.4. The third-order valence-corrected chi connectivity index (χ3v) is 4.69. The van der Waals surface area contributed by atoms with Crippen LogP contribution >= 0.6 is 0 Å². The van der Waals surface area contributed by atoms with Crippen LogP contribution in [0.4, 0.5) is 5.82 Å². The molecule has 0 radical (unpaired) electrons. The van der Waals surface area contributed by atoms with Crippen LogP contribution in [0, 0.1) is 5.41 Å². The lowest BCUT2D eigenvalue weighted by atomic mass is 9.67. The minimum Gasteiger partial charge on any atom is -0.373 e. The van der Waals surface area contributed by atoms with Crippen molar-refractivity contribution in [3.05, 3.63) is 23.4 Å². The predicted molar refractivity (Wildman–Crippen MR) is 86.7 cm³/mol. The third kappa shape index (κ3) is 3.74. The number of rotatable bonds is 7. The molecule has 4 nitrogen and oxygen atoms in total. The Balaban J connectivity index is 2.05. The molecule has 0 saturated heterocycles. The van der Waals surface area contributed by atoms with Gasteiger partial charge in [0.25, 0.3) is 5.91 Å². The maximum Gasteiger partial charge on any atom is 0.251 e. The Morgan fingerprint density at radius 3 is 2.62 bits per heavy atom. The minimum absolute atomic E-state index is 0.0194. The Labute approximate surface area is 127 Å². The van der Waals surface area contributed by atoms with E-state index < -0.39 is 0 Å². The van der Waals surface area contributed by atoms with Crippen molar-refractivity contribution in [3.8, 4) is 0 Å². The highest BCUT2D eigenvalue weighted by atomic mass is 16.1. The zero-order chi connectivity index (χ0) is 15.3. The Morgan fingerprint density at radius 1 is 1.33 bits per heavy atom. The summed E-state index contributed by atoms with van der Waals surface area (Å²) in [6, 6.07) is 3.74. The van der Waals surface area contributed by atoms with Crippen molar-refractivity contribution in [2.24, 2.45) is 5.41 Å². The van der Waals surface area contributed by atoms with Gasteiger partial charge in [-0.25, -0.2) is 4.98 Å². The molecule has 4 heteroatoms. The highest BCUT2D eigenvalue weighted by molar-refractivity contribution is 5.95. The normalized spacial score (nSPS) is 16.1. The zero-order valence-corrected chi connectivity index (χ0v) is 13.5. The van der Waals surface area contributed by atoms with Crippen LogP contribution in [0.25, 0.3) is 0 Å². The van der Waals surface area contributed by atoms with Crippen molar-refractivity contribution in [2.45, 2.75) is 52.4 Å². The summed E-state index contributed by atoms with van der Waals surface area (Å²) in [4.78, 5) is 16.9. The van der Waals surface area contributed by atoms with Crippen LogP contribution in [-0.4, -0.2) is 24.5 Å². The lowest BCUT2D eigenvalue weighted by Gasteiger charge is -2.41. The van der Waals surface area contributed by atoms with Crippen molar-refractivity contribution in [1.82, 2.24) is 10.3 Å². The average molecular weight is 289 g/mol. The minimum atomic E-state index is 0.0194. The first-order valence-electron chi connectivity index (χ1n) is 8.09. The molecule has 1 amide bonds. The second-order valence-electron chi connectivity index (χ2n) is 6.12. The highest BCUT2D eigenvalue weighted by Crippen LogP contribution is 2.43.